The molecule has 1 aliphatic rings. The Balaban J connectivity index is 1.60. The smallest absolute Gasteiger partial charge is 0.472 e. The molecule has 0 saturated heterocycles. The van der Waals surface area contributed by atoms with Gasteiger partial charge in [-0.1, -0.05) is 30.7 Å². The number of phosphoric acid groups is 1. The summed E-state index contributed by atoms with van der Waals surface area (Å²) in [5.41, 5.74) is -6.27. The van der Waals surface area contributed by atoms with Crippen LogP contribution in [0.1, 0.15) is 73.6 Å². The van der Waals surface area contributed by atoms with E-state index in [-0.39, 0.29) is 43.3 Å². The predicted octanol–water partition coefficient (Wildman–Crippen LogP) is 7.75. The molecule has 468 valence electrons. The molecule has 3 heterocycles. The molecule has 5 aromatic rings. The number of pyridine rings is 1. The third-order valence-corrected chi connectivity index (χ3v) is 17.4. The minimum Gasteiger partial charge on any atom is -0.481 e. The quantitative estimate of drug-likeness (QED) is 0.0276. The van der Waals surface area contributed by atoms with Gasteiger partial charge in [0.25, 0.3) is 5.92 Å². The van der Waals surface area contributed by atoms with E-state index in [1.165, 1.54) is 19.9 Å². The third kappa shape index (κ3) is 16.3. The summed E-state index contributed by atoms with van der Waals surface area (Å²) >= 11 is 6.72. The lowest BCUT2D eigenvalue weighted by molar-refractivity contribution is -0.143. The number of hydrogen-bond acceptors (Lipinski definition) is 14. The fraction of sp³-hybridized carbons (Fsp3) is 0.479. The van der Waals surface area contributed by atoms with Gasteiger partial charge in [-0.25, -0.2) is 44.3 Å². The SMILES string of the molecule is C[C@@H]1Cc2c(C(F)(F)F)nn(CC(=O)N[C@@H](Cc3cc(F)cc(F)c3)c3nc(CCC(C)(C)S(C)(=O)=O)ccc3-c3ccc(Cl)c4c(N(C(=O)N(CCC(=O)O)CCN(C)C(=O)OCOP(=O)(O)O)S(C)(=O)=O)nn(CC(F)(F)F)c34)c2C1(F)F. The number of carbonyl (C=O) groups is 4. The van der Waals surface area contributed by atoms with Crippen molar-refractivity contribution < 1.29 is 109 Å². The lowest BCUT2D eigenvalue weighted by Gasteiger charge is -2.29. The molecule has 3 aromatic heterocycles. The summed E-state index contributed by atoms with van der Waals surface area (Å²) in [6.07, 6.45) is -13.5. The standard InChI is InChI=1S/C48H53ClF10N9O14PS2/c1-25-17-32-40(48(57,58)59)62-66(41(32)47(25,55)56)22-35(69)61-34(20-26-18-27(50)21-28(51)19-26)38-30(8-7-29(60-38)11-13-45(2,3)84(5,77)78)31-9-10-33(49)37-39(31)67(23-46(52,53)54)63-42(37)68(85(6,79)80)43(72)65(14-12-36(70)71)16-15-64(4)44(73)81-24-82-83(74,75)76/h7-10,18-19,21,25,34H,11-17,20,22-24H2,1-6H3,(H,61,69)(H,70,71)(H2,74,75,76)/t25-,34+/m1/s1. The molecule has 0 fully saturated rings. The predicted molar refractivity (Wildman–Crippen MR) is 280 cm³/mol. The number of aliphatic carboxylic acids is 1. The average Bonchev–Trinajstić information content (AvgIpc) is 1.66. The molecule has 2 atom stereocenters. The minimum absolute atomic E-state index is 0.0353. The fourth-order valence-electron chi connectivity index (χ4n) is 8.97. The molecule has 0 aliphatic heterocycles. The Hall–Kier alpha value is -6.65. The Morgan fingerprint density at radius 2 is 1.55 bits per heavy atom. The highest BCUT2D eigenvalue weighted by molar-refractivity contribution is 7.93. The highest BCUT2D eigenvalue weighted by Crippen LogP contribution is 2.50. The molecule has 37 heteroatoms. The second-order valence-electron chi connectivity index (χ2n) is 20.4. The highest BCUT2D eigenvalue weighted by atomic mass is 35.5. The summed E-state index contributed by atoms with van der Waals surface area (Å²) in [5.74, 6) is -12.2. The fourth-order valence-corrected chi connectivity index (χ4v) is 10.7. The molecule has 0 spiro atoms. The number of nitrogens with zero attached hydrogens (tertiary/aromatic N) is 8. The van der Waals surface area contributed by atoms with E-state index >= 15 is 8.78 Å². The van der Waals surface area contributed by atoms with Crippen molar-refractivity contribution in [3.63, 3.8) is 0 Å². The number of carboxylic acids is 1. The number of carboxylic acid groups (broad SMARTS) is 1. The second kappa shape index (κ2) is 25.0. The van der Waals surface area contributed by atoms with Crippen molar-refractivity contribution in [2.24, 2.45) is 5.92 Å². The van der Waals surface area contributed by atoms with Crippen LogP contribution in [0.4, 0.5) is 59.3 Å². The Labute approximate surface area is 482 Å². The molecule has 4 amide bonds. The monoisotopic (exact) mass is 1300 g/mol. The largest absolute Gasteiger partial charge is 0.481 e. The first-order chi connectivity index (χ1) is 38.9. The van der Waals surface area contributed by atoms with Gasteiger partial charge in [0.05, 0.1) is 45.1 Å². The van der Waals surface area contributed by atoms with E-state index < -0.39 is 207 Å². The van der Waals surface area contributed by atoms with Crippen LogP contribution in [-0.4, -0.2) is 147 Å². The number of sulfonamides is 1. The number of alkyl halides is 8. The van der Waals surface area contributed by atoms with Gasteiger partial charge >= 0.3 is 38.3 Å². The first kappa shape index (κ1) is 67.5. The van der Waals surface area contributed by atoms with Gasteiger partial charge in [0.15, 0.2) is 21.3 Å². The number of ether oxygens (including phenoxy) is 1. The lowest BCUT2D eigenvalue weighted by Crippen LogP contribution is -2.49. The second-order valence-corrected chi connectivity index (χ2v) is 26.5. The van der Waals surface area contributed by atoms with Crippen LogP contribution in [0, 0.1) is 17.6 Å². The van der Waals surface area contributed by atoms with Crippen LogP contribution in [0.15, 0.2) is 42.5 Å². The number of amides is 4. The molecule has 0 unspecified atom stereocenters. The number of urea groups is 1. The van der Waals surface area contributed by atoms with Gasteiger partial charge in [0, 0.05) is 67.3 Å². The van der Waals surface area contributed by atoms with Crippen molar-refractivity contribution in [3.05, 3.63) is 93.0 Å². The number of halogens is 11. The number of phosphoric ester groups is 1. The molecule has 1 aliphatic carbocycles. The normalized spacial score (nSPS) is 15.2. The van der Waals surface area contributed by atoms with Gasteiger partial charge in [-0.05, 0) is 69.4 Å². The maximum atomic E-state index is 15.7. The average molecular weight is 1300 g/mol. The van der Waals surface area contributed by atoms with Gasteiger partial charge < -0.3 is 34.7 Å². The highest BCUT2D eigenvalue weighted by Gasteiger charge is 2.54. The number of benzene rings is 2. The number of sulfone groups is 1. The Morgan fingerprint density at radius 3 is 2.12 bits per heavy atom. The molecule has 6 rings (SSSR count). The summed E-state index contributed by atoms with van der Waals surface area (Å²) in [7, 11) is -13.1. The van der Waals surface area contributed by atoms with Crippen molar-refractivity contribution in [2.45, 2.75) is 95.0 Å². The third-order valence-electron chi connectivity index (χ3n) is 13.5. The van der Waals surface area contributed by atoms with Gasteiger partial charge in [0.1, 0.15) is 30.4 Å². The molecule has 0 bridgehead atoms. The zero-order valence-corrected chi connectivity index (χ0v) is 48.6. The van der Waals surface area contributed by atoms with Crippen LogP contribution in [0.3, 0.4) is 0 Å². The van der Waals surface area contributed by atoms with Crippen molar-refractivity contribution in [3.8, 4) is 11.1 Å². The van der Waals surface area contributed by atoms with E-state index in [4.69, 9.17) is 21.4 Å². The Kier molecular flexibility index (Phi) is 19.8. The van der Waals surface area contributed by atoms with Gasteiger partial charge in [-0.2, -0.15) is 49.6 Å². The zero-order valence-electron chi connectivity index (χ0n) is 45.3. The van der Waals surface area contributed by atoms with E-state index in [1.807, 2.05) is 0 Å². The number of fused-ring (bicyclic) bond motifs is 2. The molecule has 85 heavy (non-hydrogen) atoms. The number of likely N-dealkylation sites (N-methyl/N-ethyl adjacent to an activating group) is 1. The van der Waals surface area contributed by atoms with E-state index in [0.29, 0.717) is 22.1 Å². The number of anilines is 1. The van der Waals surface area contributed by atoms with Crippen molar-refractivity contribution in [1.82, 2.24) is 39.7 Å². The van der Waals surface area contributed by atoms with Gasteiger partial charge in [-0.3, -0.25) is 23.9 Å². The summed E-state index contributed by atoms with van der Waals surface area (Å²) < 4.78 is 220. The number of nitrogens with one attached hydrogen (secondary N) is 1. The first-order valence-electron chi connectivity index (χ1n) is 24.7. The number of aryl methyl sites for hydroxylation is 1. The number of aromatic nitrogens is 5. The van der Waals surface area contributed by atoms with E-state index in [2.05, 4.69) is 29.8 Å². The van der Waals surface area contributed by atoms with Crippen LogP contribution in [-0.2, 0) is 87.7 Å². The number of hydrogen-bond donors (Lipinski definition) is 4. The molecular formula is C48H53ClF10N9O14PS2. The summed E-state index contributed by atoms with van der Waals surface area (Å²) in [5, 5.41) is 17.9. The minimum atomic E-state index is -5.29. The molecule has 2 aromatic carbocycles. The van der Waals surface area contributed by atoms with Crippen molar-refractivity contribution >= 4 is 80.0 Å². The van der Waals surface area contributed by atoms with E-state index in [0.717, 1.165) is 50.6 Å². The topological polar surface area (TPSA) is 303 Å². The molecule has 23 nitrogen and oxygen atoms in total. The molecule has 0 radical (unpaired) electrons. The van der Waals surface area contributed by atoms with Crippen LogP contribution < -0.4 is 9.62 Å². The number of carbonyl (C=O) groups excluding carboxylic acids is 3. The maximum absolute atomic E-state index is 15.7. The summed E-state index contributed by atoms with van der Waals surface area (Å²) in [4.78, 5) is 77.0. The zero-order chi connectivity index (χ0) is 63.9. The van der Waals surface area contributed by atoms with E-state index in [1.54, 1.807) is 0 Å². The first-order valence-corrected chi connectivity index (χ1v) is 30.4. The molecule has 4 N–H and O–H groups in total. The number of rotatable bonds is 23. The van der Waals surface area contributed by atoms with Crippen LogP contribution in [0.5, 0.6) is 0 Å². The molecular weight excluding hydrogens is 1250 g/mol. The summed E-state index contributed by atoms with van der Waals surface area (Å²) in [6.45, 7) is -3.41. The Morgan fingerprint density at radius 1 is 0.929 bits per heavy atom. The lowest BCUT2D eigenvalue weighted by atomic mass is 9.93. The van der Waals surface area contributed by atoms with Crippen molar-refractivity contribution in [2.75, 3.05) is 50.3 Å². The Bertz CT molecular complexity index is 3680. The van der Waals surface area contributed by atoms with Crippen LogP contribution >= 0.6 is 19.4 Å². The van der Waals surface area contributed by atoms with Gasteiger partial charge in [0.2, 0.25) is 22.7 Å². The van der Waals surface area contributed by atoms with E-state index in [9.17, 15) is 80.8 Å². The van der Waals surface area contributed by atoms with Crippen LogP contribution in [0.2, 0.25) is 5.02 Å². The summed E-state index contributed by atoms with van der Waals surface area (Å²) in [6, 6.07) is 2.85. The maximum Gasteiger partial charge on any atom is 0.472 e. The van der Waals surface area contributed by atoms with Gasteiger partial charge in [-0.15, -0.1) is 0 Å². The van der Waals surface area contributed by atoms with Crippen molar-refractivity contribution in [1.29, 1.82) is 0 Å². The van der Waals surface area contributed by atoms with Crippen LogP contribution in [0.25, 0.3) is 22.0 Å². The molecule has 0 saturated carbocycles.